The summed E-state index contributed by atoms with van der Waals surface area (Å²) in [6.07, 6.45) is 0. The normalized spacial score (nSPS) is 10.1. The summed E-state index contributed by atoms with van der Waals surface area (Å²) in [7, 11) is 1.54. The van der Waals surface area contributed by atoms with E-state index >= 15 is 0 Å². The van der Waals surface area contributed by atoms with Crippen molar-refractivity contribution >= 4 is 27.7 Å². The lowest BCUT2D eigenvalue weighted by atomic mass is 10.2. The molecule has 1 aromatic heterocycles. The van der Waals surface area contributed by atoms with Crippen molar-refractivity contribution in [3.05, 3.63) is 40.4 Å². The number of methoxy groups -OCH3 is 1. The fourth-order valence-electron chi connectivity index (χ4n) is 1.43. The molecule has 0 aliphatic rings. The summed E-state index contributed by atoms with van der Waals surface area (Å²) in [5.74, 6) is 1.27. The van der Waals surface area contributed by atoms with E-state index in [1.165, 1.54) is 0 Å². The highest BCUT2D eigenvalue weighted by Crippen LogP contribution is 2.16. The zero-order valence-electron chi connectivity index (χ0n) is 9.85. The van der Waals surface area contributed by atoms with Crippen molar-refractivity contribution in [3.63, 3.8) is 0 Å². The van der Waals surface area contributed by atoms with Gasteiger partial charge in [0, 0.05) is 17.1 Å². The summed E-state index contributed by atoms with van der Waals surface area (Å²) in [5.41, 5.74) is 6.72. The van der Waals surface area contributed by atoms with Gasteiger partial charge < -0.3 is 15.8 Å². The Balaban J connectivity index is 2.05. The first kappa shape index (κ1) is 12.6. The summed E-state index contributed by atoms with van der Waals surface area (Å²) in [4.78, 5) is 8.00. The molecule has 0 spiro atoms. The molecule has 2 aromatic rings. The number of benzene rings is 1. The fraction of sp³-hybridized carbons (Fsp3) is 0.167. The van der Waals surface area contributed by atoms with Gasteiger partial charge in [0.1, 0.15) is 5.82 Å². The van der Waals surface area contributed by atoms with Crippen molar-refractivity contribution in [1.29, 1.82) is 0 Å². The van der Waals surface area contributed by atoms with Crippen molar-refractivity contribution < 1.29 is 4.74 Å². The van der Waals surface area contributed by atoms with Crippen molar-refractivity contribution in [2.45, 2.75) is 6.54 Å². The molecule has 0 aliphatic heterocycles. The summed E-state index contributed by atoms with van der Waals surface area (Å²) < 4.78 is 6.08. The number of rotatable bonds is 4. The highest BCUT2D eigenvalue weighted by atomic mass is 79.9. The number of hydrogen-bond acceptors (Lipinski definition) is 5. The second-order valence-electron chi connectivity index (χ2n) is 3.63. The van der Waals surface area contributed by atoms with E-state index in [9.17, 15) is 0 Å². The van der Waals surface area contributed by atoms with Gasteiger partial charge >= 0.3 is 0 Å². The minimum Gasteiger partial charge on any atom is -0.481 e. The van der Waals surface area contributed by atoms with Crippen molar-refractivity contribution in [3.8, 4) is 5.88 Å². The van der Waals surface area contributed by atoms with Crippen LogP contribution in [0.1, 0.15) is 5.56 Å². The third-order valence-electron chi connectivity index (χ3n) is 2.32. The molecule has 0 bridgehead atoms. The number of nitrogens with one attached hydrogen (secondary N) is 1. The Morgan fingerprint density at radius 3 is 2.67 bits per heavy atom. The molecule has 0 amide bonds. The molecular weight excluding hydrogens is 296 g/mol. The van der Waals surface area contributed by atoms with Gasteiger partial charge in [0.2, 0.25) is 11.8 Å². The van der Waals surface area contributed by atoms with Crippen LogP contribution in [-0.2, 0) is 6.54 Å². The smallest absolute Gasteiger partial charge is 0.225 e. The molecule has 0 fully saturated rings. The highest BCUT2D eigenvalue weighted by molar-refractivity contribution is 9.10. The first-order valence-electron chi connectivity index (χ1n) is 5.34. The number of halogens is 1. The molecule has 2 rings (SSSR count). The van der Waals surface area contributed by atoms with E-state index in [0.29, 0.717) is 18.2 Å². The van der Waals surface area contributed by atoms with Crippen LogP contribution in [0.15, 0.2) is 34.8 Å². The number of ether oxygens (including phenoxy) is 1. The molecule has 6 heteroatoms. The minimum atomic E-state index is 0.188. The number of nitrogen functional groups attached to an aromatic ring is 1. The number of nitrogens with two attached hydrogens (primary N) is 1. The lowest BCUT2D eigenvalue weighted by Crippen LogP contribution is -2.05. The minimum absolute atomic E-state index is 0.188. The summed E-state index contributed by atoms with van der Waals surface area (Å²) in [6.45, 7) is 0.660. The first-order valence-corrected chi connectivity index (χ1v) is 6.13. The Hall–Kier alpha value is -1.82. The second-order valence-corrected chi connectivity index (χ2v) is 4.55. The predicted molar refractivity (Wildman–Crippen MR) is 74.5 cm³/mol. The molecule has 0 radical (unpaired) electrons. The van der Waals surface area contributed by atoms with E-state index in [0.717, 1.165) is 10.0 Å². The van der Waals surface area contributed by atoms with Crippen LogP contribution in [0.5, 0.6) is 5.88 Å². The molecule has 94 valence electrons. The maximum atomic E-state index is 5.58. The lowest BCUT2D eigenvalue weighted by molar-refractivity contribution is 0.398. The summed E-state index contributed by atoms with van der Waals surface area (Å²) >= 11 is 3.40. The Labute approximate surface area is 114 Å². The number of aromatic nitrogens is 2. The Morgan fingerprint density at radius 2 is 2.00 bits per heavy atom. The van der Waals surface area contributed by atoms with Gasteiger partial charge in [-0.3, -0.25) is 0 Å². The molecule has 0 saturated carbocycles. The zero-order chi connectivity index (χ0) is 13.0. The SMILES string of the molecule is COc1cc(NCc2ccc(Br)cc2)nc(N)n1. The van der Waals surface area contributed by atoms with Crippen LogP contribution >= 0.6 is 15.9 Å². The van der Waals surface area contributed by atoms with Gasteiger partial charge in [-0.05, 0) is 17.7 Å². The molecule has 0 saturated heterocycles. The summed E-state index contributed by atoms with van der Waals surface area (Å²) in [5, 5.41) is 3.17. The molecule has 0 atom stereocenters. The average Bonchev–Trinajstić information content (AvgIpc) is 2.37. The fourth-order valence-corrected chi connectivity index (χ4v) is 1.70. The van der Waals surface area contributed by atoms with Crippen LogP contribution in [0.2, 0.25) is 0 Å². The van der Waals surface area contributed by atoms with Gasteiger partial charge in [-0.25, -0.2) is 0 Å². The third kappa shape index (κ3) is 3.33. The quantitative estimate of drug-likeness (QED) is 0.907. The van der Waals surface area contributed by atoms with E-state index in [4.69, 9.17) is 10.5 Å². The van der Waals surface area contributed by atoms with Gasteiger partial charge in [-0.15, -0.1) is 0 Å². The molecular formula is C12H13BrN4O. The molecule has 0 unspecified atom stereocenters. The van der Waals surface area contributed by atoms with E-state index < -0.39 is 0 Å². The molecule has 5 nitrogen and oxygen atoms in total. The highest BCUT2D eigenvalue weighted by Gasteiger charge is 2.02. The van der Waals surface area contributed by atoms with Crippen LogP contribution in [0.3, 0.4) is 0 Å². The number of anilines is 2. The Morgan fingerprint density at radius 1 is 1.28 bits per heavy atom. The largest absolute Gasteiger partial charge is 0.481 e. The van der Waals surface area contributed by atoms with E-state index in [1.807, 2.05) is 24.3 Å². The molecule has 0 aliphatic carbocycles. The van der Waals surface area contributed by atoms with Crippen LogP contribution < -0.4 is 15.8 Å². The Kier molecular flexibility index (Phi) is 3.99. The van der Waals surface area contributed by atoms with Crippen molar-refractivity contribution in [2.24, 2.45) is 0 Å². The van der Waals surface area contributed by atoms with Gasteiger partial charge in [-0.2, -0.15) is 9.97 Å². The standard InChI is InChI=1S/C12H13BrN4O/c1-18-11-6-10(16-12(14)17-11)15-7-8-2-4-9(13)5-3-8/h2-6H,7H2,1H3,(H3,14,15,16,17). The van der Waals surface area contributed by atoms with Crippen molar-refractivity contribution in [1.82, 2.24) is 9.97 Å². The zero-order valence-corrected chi connectivity index (χ0v) is 11.4. The van der Waals surface area contributed by atoms with Crippen LogP contribution in [-0.4, -0.2) is 17.1 Å². The van der Waals surface area contributed by atoms with Crippen LogP contribution in [0, 0.1) is 0 Å². The lowest BCUT2D eigenvalue weighted by Gasteiger charge is -2.07. The van der Waals surface area contributed by atoms with Gasteiger partial charge in [0.25, 0.3) is 0 Å². The molecule has 3 N–H and O–H groups in total. The Bertz CT molecular complexity index is 530. The molecule has 18 heavy (non-hydrogen) atoms. The van der Waals surface area contributed by atoms with E-state index in [-0.39, 0.29) is 5.95 Å². The maximum Gasteiger partial charge on any atom is 0.225 e. The van der Waals surface area contributed by atoms with Crippen molar-refractivity contribution in [2.75, 3.05) is 18.2 Å². The third-order valence-corrected chi connectivity index (χ3v) is 2.84. The van der Waals surface area contributed by atoms with Gasteiger partial charge in [-0.1, -0.05) is 28.1 Å². The topological polar surface area (TPSA) is 73.1 Å². The van der Waals surface area contributed by atoms with E-state index in [2.05, 4.69) is 31.2 Å². The maximum absolute atomic E-state index is 5.58. The second kappa shape index (κ2) is 5.68. The van der Waals surface area contributed by atoms with Gasteiger partial charge in [0.05, 0.1) is 7.11 Å². The van der Waals surface area contributed by atoms with Crippen LogP contribution in [0.25, 0.3) is 0 Å². The first-order chi connectivity index (χ1) is 8.67. The van der Waals surface area contributed by atoms with E-state index in [1.54, 1.807) is 13.2 Å². The average molecular weight is 309 g/mol. The van der Waals surface area contributed by atoms with Crippen LogP contribution in [0.4, 0.5) is 11.8 Å². The monoisotopic (exact) mass is 308 g/mol. The number of nitrogens with zero attached hydrogens (tertiary/aromatic N) is 2. The molecule has 1 heterocycles. The predicted octanol–water partition coefficient (Wildman–Crippen LogP) is 2.44. The number of hydrogen-bond donors (Lipinski definition) is 2. The molecule has 1 aromatic carbocycles. The summed E-state index contributed by atoms with van der Waals surface area (Å²) in [6, 6.07) is 9.74. The van der Waals surface area contributed by atoms with Gasteiger partial charge in [0.15, 0.2) is 0 Å².